The van der Waals surface area contributed by atoms with Crippen LogP contribution < -0.4 is 5.32 Å². The fourth-order valence-electron chi connectivity index (χ4n) is 2.88. The van der Waals surface area contributed by atoms with E-state index in [0.717, 1.165) is 11.3 Å². The summed E-state index contributed by atoms with van der Waals surface area (Å²) < 4.78 is 15.0. The lowest BCUT2D eigenvalue weighted by atomic mass is 10.1. The number of methoxy groups -OCH3 is 1. The van der Waals surface area contributed by atoms with E-state index >= 15 is 0 Å². The van der Waals surface area contributed by atoms with Crippen molar-refractivity contribution in [3.05, 3.63) is 52.2 Å². The molecule has 3 aromatic rings. The quantitative estimate of drug-likeness (QED) is 0.407. The van der Waals surface area contributed by atoms with Crippen molar-refractivity contribution in [2.75, 3.05) is 19.0 Å². The van der Waals surface area contributed by atoms with Crippen molar-refractivity contribution in [1.82, 2.24) is 9.97 Å². The van der Waals surface area contributed by atoms with Crippen LogP contribution in [-0.4, -0.2) is 53.6 Å². The molecule has 2 heterocycles. The van der Waals surface area contributed by atoms with Crippen LogP contribution in [0.3, 0.4) is 0 Å². The second kappa shape index (κ2) is 10.2. The Kier molecular flexibility index (Phi) is 7.34. The largest absolute Gasteiger partial charge is 0.465 e. The SMILES string of the molecule is CCOC(=O)c1sc(NC(=O)C(C)OC(=O)c2cnc3ccccc3n2)c(C(=O)OC)c1C. The highest BCUT2D eigenvalue weighted by molar-refractivity contribution is 7.18. The summed E-state index contributed by atoms with van der Waals surface area (Å²) in [7, 11) is 1.18. The molecule has 0 spiro atoms. The summed E-state index contributed by atoms with van der Waals surface area (Å²) in [6.07, 6.45) is 0.0311. The molecule has 0 radical (unpaired) electrons. The van der Waals surface area contributed by atoms with Crippen molar-refractivity contribution < 1.29 is 33.4 Å². The van der Waals surface area contributed by atoms with E-state index in [2.05, 4.69) is 15.3 Å². The Hall–Kier alpha value is -3.86. The third-order valence-electron chi connectivity index (χ3n) is 4.54. The molecular weight excluding hydrogens is 450 g/mol. The first kappa shape index (κ1) is 23.8. The van der Waals surface area contributed by atoms with E-state index < -0.39 is 29.9 Å². The number of aromatic nitrogens is 2. The number of anilines is 1. The zero-order chi connectivity index (χ0) is 24.1. The number of hydrogen-bond acceptors (Lipinski definition) is 10. The van der Waals surface area contributed by atoms with Gasteiger partial charge in [0.05, 0.1) is 36.5 Å². The molecule has 0 saturated carbocycles. The summed E-state index contributed by atoms with van der Waals surface area (Å²) in [6, 6.07) is 7.00. The zero-order valence-electron chi connectivity index (χ0n) is 18.3. The number of rotatable bonds is 7. The molecule has 0 saturated heterocycles. The van der Waals surface area contributed by atoms with Crippen LogP contribution in [0.15, 0.2) is 30.5 Å². The molecule has 1 aromatic carbocycles. The zero-order valence-corrected chi connectivity index (χ0v) is 19.1. The van der Waals surface area contributed by atoms with E-state index in [-0.39, 0.29) is 27.7 Å². The summed E-state index contributed by atoms with van der Waals surface area (Å²) >= 11 is 0.870. The van der Waals surface area contributed by atoms with Crippen LogP contribution in [-0.2, 0) is 19.0 Å². The summed E-state index contributed by atoms with van der Waals surface area (Å²) in [6.45, 7) is 4.72. The maximum Gasteiger partial charge on any atom is 0.359 e. The molecule has 0 aliphatic carbocycles. The molecule has 0 fully saturated rings. The molecule has 1 amide bonds. The van der Waals surface area contributed by atoms with Crippen molar-refractivity contribution in [2.24, 2.45) is 0 Å². The molecule has 0 aliphatic heterocycles. The molecule has 0 aliphatic rings. The summed E-state index contributed by atoms with van der Waals surface area (Å²) in [5.41, 5.74) is 1.41. The fraction of sp³-hybridized carbons (Fsp3) is 0.273. The van der Waals surface area contributed by atoms with Crippen LogP contribution in [0.4, 0.5) is 5.00 Å². The minimum atomic E-state index is -1.23. The van der Waals surface area contributed by atoms with E-state index in [4.69, 9.17) is 14.2 Å². The second-order valence-corrected chi connectivity index (χ2v) is 7.77. The van der Waals surface area contributed by atoms with Crippen molar-refractivity contribution in [3.63, 3.8) is 0 Å². The molecule has 0 bridgehead atoms. The number of nitrogens with zero attached hydrogens (tertiary/aromatic N) is 2. The van der Waals surface area contributed by atoms with Gasteiger partial charge in [-0.25, -0.2) is 19.4 Å². The molecule has 1 unspecified atom stereocenters. The molecule has 3 rings (SSSR count). The van der Waals surface area contributed by atoms with E-state index in [9.17, 15) is 19.2 Å². The van der Waals surface area contributed by atoms with Crippen LogP contribution in [0.2, 0.25) is 0 Å². The van der Waals surface area contributed by atoms with E-state index in [0.29, 0.717) is 16.6 Å². The number of ether oxygens (including phenoxy) is 3. The second-order valence-electron chi connectivity index (χ2n) is 6.75. The predicted molar refractivity (Wildman–Crippen MR) is 119 cm³/mol. The fourth-order valence-corrected chi connectivity index (χ4v) is 3.98. The average molecular weight is 471 g/mol. The topological polar surface area (TPSA) is 134 Å². The molecular formula is C22H21N3O7S. The number of benzene rings is 1. The van der Waals surface area contributed by atoms with Gasteiger partial charge in [0.25, 0.3) is 5.91 Å². The van der Waals surface area contributed by atoms with Crippen molar-refractivity contribution >= 4 is 51.2 Å². The first-order valence-electron chi connectivity index (χ1n) is 9.89. The third kappa shape index (κ3) is 5.14. The minimum Gasteiger partial charge on any atom is -0.465 e. The number of amides is 1. The highest BCUT2D eigenvalue weighted by Crippen LogP contribution is 2.34. The Labute approximate surface area is 192 Å². The van der Waals surface area contributed by atoms with Gasteiger partial charge in [-0.2, -0.15) is 0 Å². The Morgan fingerprint density at radius 1 is 1.09 bits per heavy atom. The van der Waals surface area contributed by atoms with Crippen LogP contribution >= 0.6 is 11.3 Å². The Morgan fingerprint density at radius 3 is 2.45 bits per heavy atom. The lowest BCUT2D eigenvalue weighted by Gasteiger charge is -2.13. The lowest BCUT2D eigenvalue weighted by Crippen LogP contribution is -2.30. The van der Waals surface area contributed by atoms with E-state index in [1.807, 2.05) is 0 Å². The maximum absolute atomic E-state index is 12.7. The number of esters is 3. The molecule has 2 aromatic heterocycles. The van der Waals surface area contributed by atoms with Crippen molar-refractivity contribution in [3.8, 4) is 0 Å². The molecule has 11 heteroatoms. The third-order valence-corrected chi connectivity index (χ3v) is 5.73. The smallest absolute Gasteiger partial charge is 0.359 e. The molecule has 172 valence electrons. The normalized spacial score (nSPS) is 11.5. The molecule has 1 N–H and O–H groups in total. The van der Waals surface area contributed by atoms with Gasteiger partial charge in [0, 0.05) is 0 Å². The number of para-hydroxylation sites is 2. The van der Waals surface area contributed by atoms with Gasteiger partial charge < -0.3 is 19.5 Å². The Morgan fingerprint density at radius 2 is 1.79 bits per heavy atom. The first-order chi connectivity index (χ1) is 15.8. The van der Waals surface area contributed by atoms with Gasteiger partial charge >= 0.3 is 17.9 Å². The average Bonchev–Trinajstić information content (AvgIpc) is 3.13. The number of carbonyl (C=O) groups is 4. The summed E-state index contributed by atoms with van der Waals surface area (Å²) in [4.78, 5) is 58.1. The molecule has 1 atom stereocenters. The van der Waals surface area contributed by atoms with Gasteiger partial charge in [-0.1, -0.05) is 12.1 Å². The summed E-state index contributed by atoms with van der Waals surface area (Å²) in [5, 5.41) is 2.61. The van der Waals surface area contributed by atoms with Gasteiger partial charge in [-0.3, -0.25) is 9.78 Å². The van der Waals surface area contributed by atoms with Crippen molar-refractivity contribution in [1.29, 1.82) is 0 Å². The van der Waals surface area contributed by atoms with Gasteiger partial charge in [-0.05, 0) is 38.5 Å². The van der Waals surface area contributed by atoms with Crippen LogP contribution in [0.1, 0.15) is 49.9 Å². The molecule has 33 heavy (non-hydrogen) atoms. The van der Waals surface area contributed by atoms with Gasteiger partial charge in [0.15, 0.2) is 11.8 Å². The van der Waals surface area contributed by atoms with Crippen LogP contribution in [0.25, 0.3) is 11.0 Å². The van der Waals surface area contributed by atoms with Gasteiger partial charge in [0.2, 0.25) is 0 Å². The van der Waals surface area contributed by atoms with Crippen LogP contribution in [0.5, 0.6) is 0 Å². The summed E-state index contributed by atoms with van der Waals surface area (Å²) in [5.74, 6) is -2.90. The Bertz CT molecular complexity index is 1240. The highest BCUT2D eigenvalue weighted by Gasteiger charge is 2.29. The number of nitrogens with one attached hydrogen (secondary N) is 1. The first-order valence-corrected chi connectivity index (χ1v) is 10.7. The van der Waals surface area contributed by atoms with E-state index in [1.54, 1.807) is 38.1 Å². The standard InChI is InChI=1S/C22H21N3O7S/c1-5-31-22(29)17-11(2)16(21(28)30-4)19(33-17)25-18(26)12(3)32-20(27)15-10-23-13-8-6-7-9-14(13)24-15/h6-10,12H,5H2,1-4H3,(H,25,26). The van der Waals surface area contributed by atoms with Gasteiger partial charge in [-0.15, -0.1) is 11.3 Å². The van der Waals surface area contributed by atoms with Crippen molar-refractivity contribution in [2.45, 2.75) is 26.9 Å². The number of carbonyl (C=O) groups excluding carboxylic acids is 4. The number of thiophene rings is 1. The Balaban J connectivity index is 1.78. The maximum atomic E-state index is 12.7. The number of hydrogen-bond donors (Lipinski definition) is 1. The monoisotopic (exact) mass is 471 g/mol. The predicted octanol–water partition coefficient (Wildman–Crippen LogP) is 3.15. The molecule has 10 nitrogen and oxygen atoms in total. The van der Waals surface area contributed by atoms with Gasteiger partial charge in [0.1, 0.15) is 9.88 Å². The van der Waals surface area contributed by atoms with Crippen LogP contribution in [0, 0.1) is 6.92 Å². The minimum absolute atomic E-state index is 0.0258. The highest BCUT2D eigenvalue weighted by atomic mass is 32.1. The lowest BCUT2D eigenvalue weighted by molar-refractivity contribution is -0.123. The number of fused-ring (bicyclic) bond motifs is 1. The van der Waals surface area contributed by atoms with E-state index in [1.165, 1.54) is 20.2 Å².